The van der Waals surface area contributed by atoms with E-state index in [0.29, 0.717) is 17.0 Å². The minimum absolute atomic E-state index is 0.117. The molecule has 0 unspecified atom stereocenters. The van der Waals surface area contributed by atoms with E-state index < -0.39 is 11.5 Å². The Morgan fingerprint density at radius 1 is 1.11 bits per heavy atom. The fourth-order valence-corrected chi connectivity index (χ4v) is 3.06. The van der Waals surface area contributed by atoms with Gasteiger partial charge in [0.1, 0.15) is 11.3 Å². The van der Waals surface area contributed by atoms with Gasteiger partial charge < -0.3 is 20.2 Å². The molecule has 2 amide bonds. The predicted octanol–water partition coefficient (Wildman–Crippen LogP) is 2.39. The molecule has 1 aromatic heterocycles. The van der Waals surface area contributed by atoms with E-state index in [1.54, 1.807) is 48.5 Å². The number of rotatable bonds is 7. The summed E-state index contributed by atoms with van der Waals surface area (Å²) in [5.74, 6) is -0.279. The first-order chi connectivity index (χ1) is 13.0. The van der Waals surface area contributed by atoms with Crippen LogP contribution in [0.5, 0.6) is 5.75 Å². The molecule has 0 radical (unpaired) electrons. The number of hydrogen-bond acceptors (Lipinski definition) is 6. The Morgan fingerprint density at radius 3 is 2.70 bits per heavy atom. The summed E-state index contributed by atoms with van der Waals surface area (Å²) in [4.78, 5) is 35.2. The second-order valence-electron chi connectivity index (χ2n) is 5.54. The monoisotopic (exact) mass is 384 g/mol. The van der Waals surface area contributed by atoms with E-state index in [1.807, 2.05) is 0 Å². The summed E-state index contributed by atoms with van der Waals surface area (Å²) < 4.78 is 10.6. The summed E-state index contributed by atoms with van der Waals surface area (Å²) in [5.41, 5.74) is 5.66. The first kappa shape index (κ1) is 18.5. The Hall–Kier alpha value is -3.26. The molecule has 0 bridgehead atoms. The van der Waals surface area contributed by atoms with Gasteiger partial charge in [-0.1, -0.05) is 12.1 Å². The van der Waals surface area contributed by atoms with Crippen LogP contribution >= 0.6 is 11.8 Å². The zero-order valence-corrected chi connectivity index (χ0v) is 15.0. The molecule has 0 aliphatic heterocycles. The molecular weight excluding hydrogens is 368 g/mol. The van der Waals surface area contributed by atoms with Crippen molar-refractivity contribution in [3.8, 4) is 5.75 Å². The molecule has 0 atom stereocenters. The van der Waals surface area contributed by atoms with E-state index in [9.17, 15) is 14.4 Å². The van der Waals surface area contributed by atoms with Crippen molar-refractivity contribution in [2.24, 2.45) is 5.73 Å². The second kappa shape index (κ2) is 8.41. The summed E-state index contributed by atoms with van der Waals surface area (Å²) in [6.07, 6.45) is 0. The summed E-state index contributed by atoms with van der Waals surface area (Å²) in [6, 6.07) is 15.1. The smallest absolute Gasteiger partial charge is 0.336 e. The maximum Gasteiger partial charge on any atom is 0.336 e. The third-order valence-corrected chi connectivity index (χ3v) is 4.59. The van der Waals surface area contributed by atoms with Crippen LogP contribution < -0.4 is 21.4 Å². The molecule has 3 rings (SSSR count). The molecule has 2 aromatic carbocycles. The number of fused-ring (bicyclic) bond motifs is 1. The molecule has 0 aliphatic carbocycles. The van der Waals surface area contributed by atoms with Crippen LogP contribution in [-0.4, -0.2) is 24.2 Å². The topological polar surface area (TPSA) is 112 Å². The van der Waals surface area contributed by atoms with E-state index in [0.717, 1.165) is 10.3 Å². The summed E-state index contributed by atoms with van der Waals surface area (Å²) in [6.45, 7) is -0.225. The van der Waals surface area contributed by atoms with Crippen LogP contribution in [0.25, 0.3) is 11.0 Å². The van der Waals surface area contributed by atoms with Crippen LogP contribution in [0.1, 0.15) is 0 Å². The number of hydrogen-bond donors (Lipinski definition) is 2. The standard InChI is InChI=1S/C19H16N2O5S/c20-17(22)11-27-16-4-2-1-3-14(16)21-18(23)10-25-13-7-5-12-6-8-19(24)26-15(12)9-13/h1-9H,10-11H2,(H2,20,22)(H,21,23). The van der Waals surface area contributed by atoms with Gasteiger partial charge in [0, 0.05) is 22.4 Å². The lowest BCUT2D eigenvalue weighted by atomic mass is 10.2. The second-order valence-corrected chi connectivity index (χ2v) is 6.56. The lowest BCUT2D eigenvalue weighted by Gasteiger charge is -2.11. The summed E-state index contributed by atoms with van der Waals surface area (Å²) >= 11 is 1.24. The predicted molar refractivity (Wildman–Crippen MR) is 103 cm³/mol. The maximum atomic E-state index is 12.2. The van der Waals surface area contributed by atoms with Gasteiger partial charge in [-0.15, -0.1) is 11.8 Å². The molecule has 1 heterocycles. The Balaban J connectivity index is 1.63. The van der Waals surface area contributed by atoms with Gasteiger partial charge in [0.05, 0.1) is 11.4 Å². The van der Waals surface area contributed by atoms with Gasteiger partial charge in [0.25, 0.3) is 5.91 Å². The third kappa shape index (κ3) is 5.11. The Labute approximate surface area is 158 Å². The molecule has 0 saturated heterocycles. The van der Waals surface area contributed by atoms with Crippen molar-refractivity contribution in [3.63, 3.8) is 0 Å². The minimum atomic E-state index is -0.456. The fourth-order valence-electron chi connectivity index (χ4n) is 2.31. The third-order valence-electron chi connectivity index (χ3n) is 3.50. The number of thioether (sulfide) groups is 1. The van der Waals surface area contributed by atoms with Crippen LogP contribution in [0.2, 0.25) is 0 Å². The van der Waals surface area contributed by atoms with Gasteiger partial charge in [-0.05, 0) is 30.3 Å². The SMILES string of the molecule is NC(=O)CSc1ccccc1NC(=O)COc1ccc2ccc(=O)oc2c1. The molecule has 0 saturated carbocycles. The molecule has 3 N–H and O–H groups in total. The quantitative estimate of drug-likeness (QED) is 0.478. The van der Waals surface area contributed by atoms with Crippen molar-refractivity contribution in [2.45, 2.75) is 4.90 Å². The van der Waals surface area contributed by atoms with Crippen LogP contribution in [0.3, 0.4) is 0 Å². The van der Waals surface area contributed by atoms with Crippen molar-refractivity contribution in [1.82, 2.24) is 0 Å². The summed E-state index contributed by atoms with van der Waals surface area (Å²) in [7, 11) is 0. The minimum Gasteiger partial charge on any atom is -0.484 e. The molecule has 138 valence electrons. The highest BCUT2D eigenvalue weighted by Crippen LogP contribution is 2.26. The average molecular weight is 384 g/mol. The Bertz CT molecular complexity index is 1050. The summed E-state index contributed by atoms with van der Waals surface area (Å²) in [5, 5.41) is 3.50. The number of nitrogens with two attached hydrogens (primary N) is 1. The largest absolute Gasteiger partial charge is 0.484 e. The van der Waals surface area contributed by atoms with Crippen molar-refractivity contribution in [1.29, 1.82) is 0 Å². The highest BCUT2D eigenvalue weighted by molar-refractivity contribution is 8.00. The molecule has 0 aliphatic rings. The van der Waals surface area contributed by atoms with Crippen LogP contribution in [0.4, 0.5) is 5.69 Å². The molecule has 0 fully saturated rings. The highest BCUT2D eigenvalue weighted by Gasteiger charge is 2.09. The van der Waals surface area contributed by atoms with Crippen LogP contribution in [-0.2, 0) is 9.59 Å². The lowest BCUT2D eigenvalue weighted by Crippen LogP contribution is -2.20. The van der Waals surface area contributed by atoms with E-state index in [4.69, 9.17) is 14.9 Å². The number of primary amides is 1. The van der Waals surface area contributed by atoms with Crippen molar-refractivity contribution >= 4 is 40.2 Å². The van der Waals surface area contributed by atoms with Gasteiger partial charge in [-0.25, -0.2) is 4.79 Å². The number of benzene rings is 2. The zero-order chi connectivity index (χ0) is 19.2. The highest BCUT2D eigenvalue weighted by atomic mass is 32.2. The normalized spacial score (nSPS) is 10.5. The van der Waals surface area contributed by atoms with Gasteiger partial charge in [-0.3, -0.25) is 9.59 Å². The molecule has 0 spiro atoms. The van der Waals surface area contributed by atoms with Gasteiger partial charge in [-0.2, -0.15) is 0 Å². The number of para-hydroxylation sites is 1. The van der Waals surface area contributed by atoms with Crippen LogP contribution in [0, 0.1) is 0 Å². The molecule has 27 heavy (non-hydrogen) atoms. The van der Waals surface area contributed by atoms with Crippen molar-refractivity contribution in [2.75, 3.05) is 17.7 Å². The molecule has 8 heteroatoms. The fraction of sp³-hybridized carbons (Fsp3) is 0.105. The average Bonchev–Trinajstić information content (AvgIpc) is 2.65. The van der Waals surface area contributed by atoms with Crippen molar-refractivity contribution < 1.29 is 18.7 Å². The van der Waals surface area contributed by atoms with E-state index in [2.05, 4.69) is 5.32 Å². The Morgan fingerprint density at radius 2 is 1.89 bits per heavy atom. The number of amides is 2. The number of ether oxygens (including phenoxy) is 1. The number of nitrogens with one attached hydrogen (secondary N) is 1. The lowest BCUT2D eigenvalue weighted by molar-refractivity contribution is -0.118. The first-order valence-electron chi connectivity index (χ1n) is 7.98. The van der Waals surface area contributed by atoms with E-state index in [-0.39, 0.29) is 18.3 Å². The van der Waals surface area contributed by atoms with Crippen LogP contribution in [0.15, 0.2) is 68.7 Å². The van der Waals surface area contributed by atoms with Gasteiger partial charge >= 0.3 is 5.63 Å². The van der Waals surface area contributed by atoms with Gasteiger partial charge in [0.2, 0.25) is 5.91 Å². The zero-order valence-electron chi connectivity index (χ0n) is 14.1. The Kier molecular flexibility index (Phi) is 5.77. The van der Waals surface area contributed by atoms with Gasteiger partial charge in [0.15, 0.2) is 6.61 Å². The molecular formula is C19H16N2O5S. The number of anilines is 1. The van der Waals surface area contributed by atoms with E-state index >= 15 is 0 Å². The number of carbonyl (C=O) groups excluding carboxylic acids is 2. The molecule has 3 aromatic rings. The molecule has 7 nitrogen and oxygen atoms in total. The van der Waals surface area contributed by atoms with Crippen molar-refractivity contribution in [3.05, 3.63) is 65.0 Å². The number of carbonyl (C=O) groups is 2. The first-order valence-corrected chi connectivity index (χ1v) is 8.96. The maximum absolute atomic E-state index is 12.2. The van der Waals surface area contributed by atoms with E-state index in [1.165, 1.54) is 17.8 Å².